The third-order valence-electron chi connectivity index (χ3n) is 2.94. The van der Waals surface area contributed by atoms with Crippen LogP contribution in [0, 0.1) is 5.82 Å². The van der Waals surface area contributed by atoms with Crippen molar-refractivity contribution in [2.24, 2.45) is 0 Å². The van der Waals surface area contributed by atoms with Crippen molar-refractivity contribution in [1.29, 1.82) is 0 Å². The van der Waals surface area contributed by atoms with E-state index >= 15 is 0 Å². The van der Waals surface area contributed by atoms with Gasteiger partial charge in [0.05, 0.1) is 28.4 Å². The fourth-order valence-electron chi connectivity index (χ4n) is 1.96. The first kappa shape index (κ1) is 13.3. The summed E-state index contributed by atoms with van der Waals surface area (Å²) in [6, 6.07) is 4.26. The molecule has 1 heterocycles. The van der Waals surface area contributed by atoms with E-state index in [1.165, 1.54) is 12.1 Å². The summed E-state index contributed by atoms with van der Waals surface area (Å²) >= 11 is 1.05. The Bertz CT molecular complexity index is 753. The second-order valence-corrected chi connectivity index (χ2v) is 6.54. The molecule has 1 unspecified atom stereocenters. The Balaban J connectivity index is 1.88. The molecule has 0 aliphatic heterocycles. The van der Waals surface area contributed by atoms with Crippen molar-refractivity contribution >= 4 is 27.8 Å². The predicted molar refractivity (Wildman–Crippen MR) is 73.0 cm³/mol. The SMILES string of the molecule is O=S(=O)(NC1CC=Cc2nsnc21)c1ccc(F)cc1. The Kier molecular flexibility index (Phi) is 3.36. The summed E-state index contributed by atoms with van der Waals surface area (Å²) in [5.41, 5.74) is 1.32. The van der Waals surface area contributed by atoms with Crippen molar-refractivity contribution < 1.29 is 12.8 Å². The maximum absolute atomic E-state index is 12.8. The topological polar surface area (TPSA) is 72.0 Å². The second-order valence-electron chi connectivity index (χ2n) is 4.30. The van der Waals surface area contributed by atoms with E-state index < -0.39 is 21.9 Å². The van der Waals surface area contributed by atoms with Crippen molar-refractivity contribution in [1.82, 2.24) is 13.5 Å². The Morgan fingerprint density at radius 1 is 1.25 bits per heavy atom. The van der Waals surface area contributed by atoms with Gasteiger partial charge in [0, 0.05) is 0 Å². The minimum atomic E-state index is -3.71. The molecule has 0 saturated heterocycles. The van der Waals surface area contributed by atoms with Crippen LogP contribution >= 0.6 is 11.7 Å². The molecule has 0 fully saturated rings. The molecule has 8 heteroatoms. The zero-order valence-corrected chi connectivity index (χ0v) is 11.8. The molecule has 1 atom stereocenters. The van der Waals surface area contributed by atoms with Gasteiger partial charge in [-0.25, -0.2) is 17.5 Å². The molecule has 0 saturated carbocycles. The smallest absolute Gasteiger partial charge is 0.207 e. The zero-order valence-electron chi connectivity index (χ0n) is 10.2. The van der Waals surface area contributed by atoms with Gasteiger partial charge in [0.1, 0.15) is 11.5 Å². The number of nitrogens with one attached hydrogen (secondary N) is 1. The van der Waals surface area contributed by atoms with E-state index in [1.807, 2.05) is 12.2 Å². The molecule has 0 radical (unpaired) electrons. The molecule has 0 spiro atoms. The fraction of sp³-hybridized carbons (Fsp3) is 0.167. The lowest BCUT2D eigenvalue weighted by Crippen LogP contribution is -2.29. The molecule has 1 N–H and O–H groups in total. The van der Waals surface area contributed by atoms with Gasteiger partial charge < -0.3 is 0 Å². The van der Waals surface area contributed by atoms with Gasteiger partial charge in [-0.3, -0.25) is 0 Å². The van der Waals surface area contributed by atoms with E-state index in [1.54, 1.807) is 0 Å². The lowest BCUT2D eigenvalue weighted by atomic mass is 10.0. The lowest BCUT2D eigenvalue weighted by Gasteiger charge is -2.18. The average Bonchev–Trinajstić information content (AvgIpc) is 2.88. The van der Waals surface area contributed by atoms with Crippen LogP contribution in [0.5, 0.6) is 0 Å². The molecule has 1 aromatic carbocycles. The molecular weight excluding hydrogens is 301 g/mol. The molecule has 2 aromatic rings. The molecule has 1 aliphatic rings. The summed E-state index contributed by atoms with van der Waals surface area (Å²) < 4.78 is 48.1. The fourth-order valence-corrected chi connectivity index (χ4v) is 3.77. The Labute approximate surface area is 119 Å². The van der Waals surface area contributed by atoms with Gasteiger partial charge in [-0.2, -0.15) is 8.75 Å². The number of hydrogen-bond acceptors (Lipinski definition) is 5. The third kappa shape index (κ3) is 2.49. The van der Waals surface area contributed by atoms with Crippen LogP contribution in [-0.4, -0.2) is 17.2 Å². The minimum absolute atomic E-state index is 0.0261. The molecule has 0 amide bonds. The number of aromatic nitrogens is 2. The first-order valence-electron chi connectivity index (χ1n) is 5.83. The number of nitrogens with zero attached hydrogens (tertiary/aromatic N) is 2. The molecule has 3 rings (SSSR count). The molecular formula is C12H10FN3O2S2. The number of halogens is 1. The van der Waals surface area contributed by atoms with Crippen LogP contribution in [-0.2, 0) is 10.0 Å². The zero-order chi connectivity index (χ0) is 14.2. The van der Waals surface area contributed by atoms with Gasteiger partial charge in [0.2, 0.25) is 10.0 Å². The highest BCUT2D eigenvalue weighted by Crippen LogP contribution is 2.27. The molecule has 1 aliphatic carbocycles. The molecule has 0 bridgehead atoms. The molecule has 104 valence electrons. The van der Waals surface area contributed by atoms with E-state index in [9.17, 15) is 12.8 Å². The minimum Gasteiger partial charge on any atom is -0.207 e. The first-order valence-corrected chi connectivity index (χ1v) is 8.04. The highest BCUT2D eigenvalue weighted by Gasteiger charge is 2.26. The molecule has 5 nitrogen and oxygen atoms in total. The number of fused-ring (bicyclic) bond motifs is 1. The quantitative estimate of drug-likeness (QED) is 0.942. The number of benzene rings is 1. The van der Waals surface area contributed by atoms with E-state index in [4.69, 9.17) is 0 Å². The van der Waals surface area contributed by atoms with Crippen LogP contribution in [0.2, 0.25) is 0 Å². The number of hydrogen-bond donors (Lipinski definition) is 1. The summed E-state index contributed by atoms with van der Waals surface area (Å²) in [7, 11) is -3.71. The monoisotopic (exact) mass is 311 g/mol. The van der Waals surface area contributed by atoms with Crippen LogP contribution in [0.25, 0.3) is 6.08 Å². The van der Waals surface area contributed by atoms with E-state index in [0.29, 0.717) is 17.8 Å². The van der Waals surface area contributed by atoms with E-state index in [-0.39, 0.29) is 4.90 Å². The third-order valence-corrected chi connectivity index (χ3v) is 4.98. The Hall–Kier alpha value is -1.64. The lowest BCUT2D eigenvalue weighted by molar-refractivity contribution is 0.552. The number of rotatable bonds is 3. The van der Waals surface area contributed by atoms with Gasteiger partial charge in [-0.1, -0.05) is 6.08 Å². The van der Waals surface area contributed by atoms with Gasteiger partial charge in [0.25, 0.3) is 0 Å². The van der Waals surface area contributed by atoms with Crippen LogP contribution in [0.4, 0.5) is 4.39 Å². The summed E-state index contributed by atoms with van der Waals surface area (Å²) in [5, 5.41) is 0. The van der Waals surface area contributed by atoms with Crippen LogP contribution < -0.4 is 4.72 Å². The Morgan fingerprint density at radius 2 is 2.00 bits per heavy atom. The largest absolute Gasteiger partial charge is 0.241 e. The van der Waals surface area contributed by atoms with Crippen LogP contribution in [0.15, 0.2) is 35.2 Å². The van der Waals surface area contributed by atoms with Crippen LogP contribution in [0.3, 0.4) is 0 Å². The maximum atomic E-state index is 12.8. The first-order chi connectivity index (χ1) is 9.56. The number of sulfonamides is 1. The summed E-state index contributed by atoms with van der Waals surface area (Å²) in [4.78, 5) is 0.0261. The standard InChI is InChI=1S/C12H10FN3O2S2/c13-8-4-6-9(7-5-8)20(17,18)16-11-3-1-2-10-12(11)15-19-14-10/h1-2,4-7,11,16H,3H2. The van der Waals surface area contributed by atoms with Crippen molar-refractivity contribution in [2.45, 2.75) is 17.4 Å². The van der Waals surface area contributed by atoms with Gasteiger partial charge in [0.15, 0.2) is 0 Å². The molecule has 1 aromatic heterocycles. The molecule has 20 heavy (non-hydrogen) atoms. The highest BCUT2D eigenvalue weighted by atomic mass is 32.2. The summed E-state index contributed by atoms with van der Waals surface area (Å²) in [5.74, 6) is -0.476. The van der Waals surface area contributed by atoms with Crippen LogP contribution in [0.1, 0.15) is 23.9 Å². The summed E-state index contributed by atoms with van der Waals surface area (Å²) in [6.07, 6.45) is 4.18. The van der Waals surface area contributed by atoms with Crippen molar-refractivity contribution in [3.8, 4) is 0 Å². The van der Waals surface area contributed by atoms with Crippen molar-refractivity contribution in [3.63, 3.8) is 0 Å². The maximum Gasteiger partial charge on any atom is 0.241 e. The van der Waals surface area contributed by atoms with E-state index in [0.717, 1.165) is 23.9 Å². The van der Waals surface area contributed by atoms with E-state index in [2.05, 4.69) is 13.5 Å². The Morgan fingerprint density at radius 3 is 2.75 bits per heavy atom. The van der Waals surface area contributed by atoms with Gasteiger partial charge in [-0.15, -0.1) is 0 Å². The van der Waals surface area contributed by atoms with Crippen molar-refractivity contribution in [3.05, 3.63) is 47.5 Å². The predicted octanol–water partition coefficient (Wildman–Crippen LogP) is 2.11. The second kappa shape index (κ2) is 5.04. The van der Waals surface area contributed by atoms with Gasteiger partial charge in [-0.05, 0) is 36.8 Å². The average molecular weight is 311 g/mol. The highest BCUT2D eigenvalue weighted by molar-refractivity contribution is 7.89. The normalized spacial score (nSPS) is 17.9. The van der Waals surface area contributed by atoms with Gasteiger partial charge >= 0.3 is 0 Å². The van der Waals surface area contributed by atoms with Crippen molar-refractivity contribution in [2.75, 3.05) is 0 Å². The summed E-state index contributed by atoms with van der Waals surface area (Å²) in [6.45, 7) is 0.